The van der Waals surface area contributed by atoms with Gasteiger partial charge in [0.15, 0.2) is 0 Å². The minimum Gasteiger partial charge on any atom is -0.489 e. The molecule has 1 aromatic carbocycles. The summed E-state index contributed by atoms with van der Waals surface area (Å²) in [5, 5.41) is 8.63. The minimum atomic E-state index is -0.444. The smallest absolute Gasteiger partial charge is 0.139 e. The fourth-order valence-electron chi connectivity index (χ4n) is 0.902. The maximum atomic E-state index is 8.63. The number of hydrogen-bond donors (Lipinski definition) is 1. The molecule has 0 fully saturated rings. The molecule has 4 heteroatoms. The first-order valence-electron chi connectivity index (χ1n) is 4.17. The van der Waals surface area contributed by atoms with Crippen LogP contribution in [0.1, 0.15) is 5.56 Å². The standard InChI is InChI=1S/C10H12N2O2/c1-13-10(12)7-14-9-4-2-3-8(5-9)6-11/h2-5,10H,7,12H2,1H3. The van der Waals surface area contributed by atoms with Crippen molar-refractivity contribution in [2.75, 3.05) is 13.7 Å². The van der Waals surface area contributed by atoms with Crippen molar-refractivity contribution in [3.05, 3.63) is 29.8 Å². The predicted molar refractivity (Wildman–Crippen MR) is 51.6 cm³/mol. The highest BCUT2D eigenvalue weighted by atomic mass is 16.5. The van der Waals surface area contributed by atoms with Crippen molar-refractivity contribution in [3.8, 4) is 11.8 Å². The molecule has 1 atom stereocenters. The van der Waals surface area contributed by atoms with Crippen LogP contribution >= 0.6 is 0 Å². The Morgan fingerprint density at radius 1 is 1.57 bits per heavy atom. The van der Waals surface area contributed by atoms with Crippen LogP contribution in [-0.4, -0.2) is 19.9 Å². The zero-order valence-corrected chi connectivity index (χ0v) is 7.93. The van der Waals surface area contributed by atoms with Gasteiger partial charge < -0.3 is 15.2 Å². The summed E-state index contributed by atoms with van der Waals surface area (Å²) in [5.74, 6) is 0.622. The number of nitrogens with zero attached hydrogens (tertiary/aromatic N) is 1. The second-order valence-electron chi connectivity index (χ2n) is 2.72. The molecule has 1 aromatic rings. The van der Waals surface area contributed by atoms with Crippen molar-refractivity contribution in [3.63, 3.8) is 0 Å². The van der Waals surface area contributed by atoms with Gasteiger partial charge in [-0.25, -0.2) is 0 Å². The Morgan fingerprint density at radius 3 is 3.00 bits per heavy atom. The molecule has 0 heterocycles. The van der Waals surface area contributed by atoms with Crippen LogP contribution in [-0.2, 0) is 4.74 Å². The largest absolute Gasteiger partial charge is 0.489 e. The van der Waals surface area contributed by atoms with Crippen LogP contribution in [0.5, 0.6) is 5.75 Å². The van der Waals surface area contributed by atoms with Gasteiger partial charge in [-0.3, -0.25) is 0 Å². The van der Waals surface area contributed by atoms with Crippen molar-refractivity contribution in [1.29, 1.82) is 5.26 Å². The highest BCUT2D eigenvalue weighted by Crippen LogP contribution is 2.12. The molecule has 4 nitrogen and oxygen atoms in total. The Kier molecular flexibility index (Phi) is 3.92. The number of benzene rings is 1. The summed E-state index contributed by atoms with van der Waals surface area (Å²) in [4.78, 5) is 0. The van der Waals surface area contributed by atoms with E-state index >= 15 is 0 Å². The van der Waals surface area contributed by atoms with E-state index in [0.717, 1.165) is 0 Å². The van der Waals surface area contributed by atoms with Crippen LogP contribution in [0.2, 0.25) is 0 Å². The summed E-state index contributed by atoms with van der Waals surface area (Å²) in [6.45, 7) is 0.269. The molecule has 0 aliphatic rings. The average Bonchev–Trinajstić information content (AvgIpc) is 2.26. The molecular weight excluding hydrogens is 180 g/mol. The second kappa shape index (κ2) is 5.22. The first-order valence-corrected chi connectivity index (χ1v) is 4.17. The Bertz CT molecular complexity index is 333. The van der Waals surface area contributed by atoms with Crippen LogP contribution in [0, 0.1) is 11.3 Å². The number of nitriles is 1. The Morgan fingerprint density at radius 2 is 2.36 bits per heavy atom. The quantitative estimate of drug-likeness (QED) is 0.718. The van der Waals surface area contributed by atoms with Crippen LogP contribution in [0.15, 0.2) is 24.3 Å². The summed E-state index contributed by atoms with van der Waals surface area (Å²) >= 11 is 0. The van der Waals surface area contributed by atoms with Crippen molar-refractivity contribution in [1.82, 2.24) is 0 Å². The van der Waals surface area contributed by atoms with Crippen molar-refractivity contribution >= 4 is 0 Å². The molecule has 0 amide bonds. The van der Waals surface area contributed by atoms with E-state index in [-0.39, 0.29) is 6.61 Å². The number of rotatable bonds is 4. The van der Waals surface area contributed by atoms with E-state index in [2.05, 4.69) is 0 Å². The second-order valence-corrected chi connectivity index (χ2v) is 2.72. The van der Waals surface area contributed by atoms with Crippen LogP contribution < -0.4 is 10.5 Å². The monoisotopic (exact) mass is 192 g/mol. The topological polar surface area (TPSA) is 68.3 Å². The summed E-state index contributed by atoms with van der Waals surface area (Å²) in [6.07, 6.45) is -0.444. The maximum absolute atomic E-state index is 8.63. The molecule has 0 saturated heterocycles. The number of ether oxygens (including phenoxy) is 2. The van der Waals surface area contributed by atoms with E-state index in [4.69, 9.17) is 20.5 Å². The summed E-state index contributed by atoms with van der Waals surface area (Å²) in [5.41, 5.74) is 6.04. The third-order valence-corrected chi connectivity index (χ3v) is 1.68. The van der Waals surface area contributed by atoms with Crippen LogP contribution in [0.4, 0.5) is 0 Å². The normalized spacial score (nSPS) is 11.8. The van der Waals surface area contributed by atoms with Gasteiger partial charge in [-0.2, -0.15) is 5.26 Å². The molecule has 1 unspecified atom stereocenters. The number of methoxy groups -OCH3 is 1. The molecule has 0 bridgehead atoms. The molecule has 0 aliphatic carbocycles. The average molecular weight is 192 g/mol. The molecular formula is C10H12N2O2. The number of hydrogen-bond acceptors (Lipinski definition) is 4. The highest BCUT2D eigenvalue weighted by molar-refractivity contribution is 5.36. The van der Waals surface area contributed by atoms with Gasteiger partial charge >= 0.3 is 0 Å². The minimum absolute atomic E-state index is 0.269. The van der Waals surface area contributed by atoms with Gasteiger partial charge in [-0.1, -0.05) is 6.07 Å². The zero-order valence-electron chi connectivity index (χ0n) is 7.93. The zero-order chi connectivity index (χ0) is 10.4. The van der Waals surface area contributed by atoms with Gasteiger partial charge in [0, 0.05) is 7.11 Å². The van der Waals surface area contributed by atoms with E-state index in [1.54, 1.807) is 24.3 Å². The lowest BCUT2D eigenvalue weighted by atomic mass is 10.2. The van der Waals surface area contributed by atoms with Crippen molar-refractivity contribution in [2.24, 2.45) is 5.73 Å². The van der Waals surface area contributed by atoms with Gasteiger partial charge in [0.25, 0.3) is 0 Å². The molecule has 0 aliphatic heterocycles. The predicted octanol–water partition coefficient (Wildman–Crippen LogP) is 0.868. The van der Waals surface area contributed by atoms with Crippen molar-refractivity contribution < 1.29 is 9.47 Å². The first-order chi connectivity index (χ1) is 6.76. The van der Waals surface area contributed by atoms with E-state index in [1.165, 1.54) is 7.11 Å². The van der Waals surface area contributed by atoms with E-state index < -0.39 is 6.23 Å². The van der Waals surface area contributed by atoms with Gasteiger partial charge in [0.1, 0.15) is 18.6 Å². The molecule has 0 spiro atoms. The van der Waals surface area contributed by atoms with Gasteiger partial charge in [-0.15, -0.1) is 0 Å². The van der Waals surface area contributed by atoms with Crippen LogP contribution in [0.3, 0.4) is 0 Å². The van der Waals surface area contributed by atoms with E-state index in [1.807, 2.05) is 6.07 Å². The van der Waals surface area contributed by atoms with E-state index in [0.29, 0.717) is 11.3 Å². The molecule has 0 saturated carbocycles. The summed E-state index contributed by atoms with van der Waals surface area (Å²) < 4.78 is 10.1. The van der Waals surface area contributed by atoms with Gasteiger partial charge in [0.05, 0.1) is 11.6 Å². The fourth-order valence-corrected chi connectivity index (χ4v) is 0.902. The third-order valence-electron chi connectivity index (χ3n) is 1.68. The Balaban J connectivity index is 2.55. The molecule has 14 heavy (non-hydrogen) atoms. The summed E-state index contributed by atoms with van der Waals surface area (Å²) in [7, 11) is 1.51. The first kappa shape index (κ1) is 10.5. The van der Waals surface area contributed by atoms with Gasteiger partial charge in [-0.05, 0) is 18.2 Å². The molecule has 2 N–H and O–H groups in total. The lowest BCUT2D eigenvalue weighted by Gasteiger charge is -2.11. The van der Waals surface area contributed by atoms with Crippen LogP contribution in [0.25, 0.3) is 0 Å². The Hall–Kier alpha value is -1.57. The Labute approximate surface area is 82.9 Å². The SMILES string of the molecule is COC(N)COc1cccc(C#N)c1. The highest BCUT2D eigenvalue weighted by Gasteiger charge is 2.01. The maximum Gasteiger partial charge on any atom is 0.139 e. The number of nitrogens with two attached hydrogens (primary N) is 1. The van der Waals surface area contributed by atoms with Gasteiger partial charge in [0.2, 0.25) is 0 Å². The molecule has 0 radical (unpaired) electrons. The lowest BCUT2D eigenvalue weighted by molar-refractivity contribution is 0.0629. The lowest BCUT2D eigenvalue weighted by Crippen LogP contribution is -2.29. The fraction of sp³-hybridized carbons (Fsp3) is 0.300. The third kappa shape index (κ3) is 3.05. The molecule has 74 valence electrons. The summed E-state index contributed by atoms with van der Waals surface area (Å²) in [6, 6.07) is 8.92. The molecule has 0 aromatic heterocycles. The van der Waals surface area contributed by atoms with E-state index in [9.17, 15) is 0 Å². The molecule has 1 rings (SSSR count). The van der Waals surface area contributed by atoms with Crippen molar-refractivity contribution in [2.45, 2.75) is 6.23 Å².